The molecule has 4 nitrogen and oxygen atoms in total. The van der Waals surface area contributed by atoms with Crippen molar-refractivity contribution in [3.8, 4) is 0 Å². The third kappa shape index (κ3) is 2.79. The van der Waals surface area contributed by atoms with Crippen molar-refractivity contribution in [3.05, 3.63) is 18.2 Å². The van der Waals surface area contributed by atoms with Gasteiger partial charge in [-0.15, -0.1) is 0 Å². The highest BCUT2D eigenvalue weighted by atomic mass is 15.2. The molecule has 4 heteroatoms. The van der Waals surface area contributed by atoms with Gasteiger partial charge in [-0.25, -0.2) is 4.98 Å². The van der Waals surface area contributed by atoms with Gasteiger partial charge in [0.15, 0.2) is 0 Å². The van der Waals surface area contributed by atoms with Gasteiger partial charge in [-0.05, 0) is 26.4 Å². The van der Waals surface area contributed by atoms with Crippen molar-refractivity contribution >= 4 is 0 Å². The fourth-order valence-corrected chi connectivity index (χ4v) is 2.05. The van der Waals surface area contributed by atoms with Crippen LogP contribution in [0.1, 0.15) is 19.0 Å². The van der Waals surface area contributed by atoms with Crippen molar-refractivity contribution in [1.29, 1.82) is 0 Å². The number of hydrogen-bond acceptors (Lipinski definition) is 3. The molecule has 2 heterocycles. The van der Waals surface area contributed by atoms with E-state index in [0.717, 1.165) is 32.7 Å². The van der Waals surface area contributed by atoms with Gasteiger partial charge < -0.3 is 9.88 Å². The molecule has 84 valence electrons. The van der Waals surface area contributed by atoms with E-state index in [4.69, 9.17) is 0 Å². The number of rotatable bonds is 3. The summed E-state index contributed by atoms with van der Waals surface area (Å²) in [6.45, 7) is 8.83. The molecule has 1 N–H and O–H groups in total. The molecule has 0 aliphatic carbocycles. The van der Waals surface area contributed by atoms with Crippen LogP contribution in [0.4, 0.5) is 0 Å². The van der Waals surface area contributed by atoms with E-state index in [1.54, 1.807) is 0 Å². The van der Waals surface area contributed by atoms with Gasteiger partial charge in [0.1, 0.15) is 0 Å². The molecular weight excluding hydrogens is 188 g/mol. The quantitative estimate of drug-likeness (QED) is 0.793. The summed E-state index contributed by atoms with van der Waals surface area (Å²) < 4.78 is 2.22. The van der Waals surface area contributed by atoms with Crippen LogP contribution >= 0.6 is 0 Å². The Morgan fingerprint density at radius 2 is 2.33 bits per heavy atom. The number of imidazole rings is 1. The Morgan fingerprint density at radius 1 is 1.40 bits per heavy atom. The lowest BCUT2D eigenvalue weighted by atomic mass is 10.3. The SMILES string of the molecule is CCn1cncc1CN1CCCNCC1. The molecule has 0 saturated carbocycles. The standard InChI is InChI=1S/C11H20N4/c1-2-15-10-13-8-11(15)9-14-6-3-4-12-5-7-14/h8,10,12H,2-7,9H2,1H3. The molecule has 1 aliphatic rings. The fraction of sp³-hybridized carbons (Fsp3) is 0.727. The molecule has 0 unspecified atom stereocenters. The molecule has 15 heavy (non-hydrogen) atoms. The molecule has 0 aromatic carbocycles. The maximum atomic E-state index is 4.20. The van der Waals surface area contributed by atoms with Gasteiger partial charge >= 0.3 is 0 Å². The Kier molecular flexibility index (Phi) is 3.75. The van der Waals surface area contributed by atoms with Crippen LogP contribution < -0.4 is 5.32 Å². The minimum atomic E-state index is 1.02. The Bertz CT molecular complexity index is 287. The van der Waals surface area contributed by atoms with Gasteiger partial charge in [0, 0.05) is 32.4 Å². The average molecular weight is 208 g/mol. The number of aryl methyl sites for hydroxylation is 1. The molecule has 1 aliphatic heterocycles. The lowest BCUT2D eigenvalue weighted by Gasteiger charge is -2.19. The molecule has 0 bridgehead atoms. The number of aromatic nitrogens is 2. The van der Waals surface area contributed by atoms with Crippen LogP contribution in [0.15, 0.2) is 12.5 Å². The number of hydrogen-bond donors (Lipinski definition) is 1. The highest BCUT2D eigenvalue weighted by Crippen LogP contribution is 2.06. The first-order valence-corrected chi connectivity index (χ1v) is 5.82. The molecular formula is C11H20N4. The Balaban J connectivity index is 1.94. The summed E-state index contributed by atoms with van der Waals surface area (Å²) in [6.07, 6.45) is 5.16. The molecule has 0 spiro atoms. The van der Waals surface area contributed by atoms with Gasteiger partial charge in [0.05, 0.1) is 12.0 Å². The largest absolute Gasteiger partial charge is 0.334 e. The van der Waals surface area contributed by atoms with Crippen molar-refractivity contribution in [2.75, 3.05) is 26.2 Å². The van der Waals surface area contributed by atoms with Crippen LogP contribution in [0, 0.1) is 0 Å². The van der Waals surface area contributed by atoms with Crippen molar-refractivity contribution in [2.24, 2.45) is 0 Å². The maximum Gasteiger partial charge on any atom is 0.0948 e. The minimum Gasteiger partial charge on any atom is -0.334 e. The van der Waals surface area contributed by atoms with E-state index in [-0.39, 0.29) is 0 Å². The first-order chi connectivity index (χ1) is 7.40. The summed E-state index contributed by atoms with van der Waals surface area (Å²) in [5, 5.41) is 3.42. The van der Waals surface area contributed by atoms with Crippen LogP contribution in [0.5, 0.6) is 0 Å². The lowest BCUT2D eigenvalue weighted by Crippen LogP contribution is -2.28. The molecule has 0 radical (unpaired) electrons. The monoisotopic (exact) mass is 208 g/mol. The second kappa shape index (κ2) is 5.28. The number of nitrogens with zero attached hydrogens (tertiary/aromatic N) is 3. The first-order valence-electron chi connectivity index (χ1n) is 5.82. The van der Waals surface area contributed by atoms with E-state index < -0.39 is 0 Å². The van der Waals surface area contributed by atoms with Gasteiger partial charge in [-0.2, -0.15) is 0 Å². The summed E-state index contributed by atoms with van der Waals surface area (Å²) >= 11 is 0. The summed E-state index contributed by atoms with van der Waals surface area (Å²) in [4.78, 5) is 6.71. The first kappa shape index (κ1) is 10.6. The number of nitrogens with one attached hydrogen (secondary N) is 1. The zero-order chi connectivity index (χ0) is 10.5. The summed E-state index contributed by atoms with van der Waals surface area (Å²) in [7, 11) is 0. The van der Waals surface area contributed by atoms with E-state index in [9.17, 15) is 0 Å². The maximum absolute atomic E-state index is 4.20. The second-order valence-corrected chi connectivity index (χ2v) is 4.05. The highest BCUT2D eigenvalue weighted by Gasteiger charge is 2.10. The average Bonchev–Trinajstić information content (AvgIpc) is 2.53. The van der Waals surface area contributed by atoms with Gasteiger partial charge in [-0.1, -0.05) is 0 Å². The summed E-state index contributed by atoms with van der Waals surface area (Å²) in [6, 6.07) is 0. The van der Waals surface area contributed by atoms with E-state index in [1.165, 1.54) is 18.7 Å². The molecule has 1 fully saturated rings. The molecule has 1 saturated heterocycles. The lowest BCUT2D eigenvalue weighted by molar-refractivity contribution is 0.277. The minimum absolute atomic E-state index is 1.02. The van der Waals surface area contributed by atoms with Crippen LogP contribution in [-0.4, -0.2) is 40.6 Å². The third-order valence-corrected chi connectivity index (χ3v) is 2.96. The highest BCUT2D eigenvalue weighted by molar-refractivity contribution is 4.98. The van der Waals surface area contributed by atoms with Gasteiger partial charge in [0.2, 0.25) is 0 Å². The predicted octanol–water partition coefficient (Wildman–Crippen LogP) is 0.698. The van der Waals surface area contributed by atoms with Crippen LogP contribution in [-0.2, 0) is 13.1 Å². The van der Waals surface area contributed by atoms with Crippen LogP contribution in [0.2, 0.25) is 0 Å². The van der Waals surface area contributed by atoms with E-state index in [0.29, 0.717) is 0 Å². The van der Waals surface area contributed by atoms with Crippen molar-refractivity contribution in [2.45, 2.75) is 26.4 Å². The molecule has 1 aromatic rings. The van der Waals surface area contributed by atoms with E-state index in [1.807, 2.05) is 12.5 Å². The molecule has 2 rings (SSSR count). The van der Waals surface area contributed by atoms with Crippen molar-refractivity contribution < 1.29 is 0 Å². The van der Waals surface area contributed by atoms with Crippen molar-refractivity contribution in [3.63, 3.8) is 0 Å². The Hall–Kier alpha value is -0.870. The smallest absolute Gasteiger partial charge is 0.0948 e. The summed E-state index contributed by atoms with van der Waals surface area (Å²) in [5.74, 6) is 0. The van der Waals surface area contributed by atoms with Gasteiger partial charge in [-0.3, -0.25) is 4.90 Å². The van der Waals surface area contributed by atoms with Crippen LogP contribution in [0.25, 0.3) is 0 Å². The topological polar surface area (TPSA) is 33.1 Å². The Labute approximate surface area is 91.3 Å². The predicted molar refractivity (Wildman–Crippen MR) is 60.7 cm³/mol. The normalized spacial score (nSPS) is 19.0. The molecule has 0 amide bonds. The van der Waals surface area contributed by atoms with Crippen molar-refractivity contribution in [1.82, 2.24) is 19.8 Å². The van der Waals surface area contributed by atoms with E-state index in [2.05, 4.69) is 26.7 Å². The fourth-order valence-electron chi connectivity index (χ4n) is 2.05. The molecule has 1 aromatic heterocycles. The Morgan fingerprint density at radius 3 is 3.20 bits per heavy atom. The second-order valence-electron chi connectivity index (χ2n) is 4.05. The van der Waals surface area contributed by atoms with Crippen LogP contribution in [0.3, 0.4) is 0 Å². The van der Waals surface area contributed by atoms with E-state index >= 15 is 0 Å². The zero-order valence-electron chi connectivity index (χ0n) is 9.45. The van der Waals surface area contributed by atoms with Gasteiger partial charge in [0.25, 0.3) is 0 Å². The molecule has 0 atom stereocenters. The summed E-state index contributed by atoms with van der Waals surface area (Å²) in [5.41, 5.74) is 1.33. The third-order valence-electron chi connectivity index (χ3n) is 2.96. The zero-order valence-corrected chi connectivity index (χ0v) is 9.45.